The molecule has 0 spiro atoms. The molecule has 0 saturated carbocycles. The molecule has 4 nitrogen and oxygen atoms in total. The summed E-state index contributed by atoms with van der Waals surface area (Å²) >= 11 is 0. The van der Waals surface area contributed by atoms with Crippen molar-refractivity contribution in [2.45, 2.75) is 26.2 Å². The van der Waals surface area contributed by atoms with Gasteiger partial charge in [-0.2, -0.15) is 0 Å². The quantitative estimate of drug-likeness (QED) is 0.897. The van der Waals surface area contributed by atoms with Crippen LogP contribution >= 0.6 is 0 Å². The molecule has 4 heteroatoms. The van der Waals surface area contributed by atoms with Crippen molar-refractivity contribution in [1.29, 1.82) is 0 Å². The number of ether oxygens (including phenoxy) is 1. The van der Waals surface area contributed by atoms with E-state index in [0.29, 0.717) is 18.9 Å². The van der Waals surface area contributed by atoms with Crippen LogP contribution in [0.4, 0.5) is 0 Å². The van der Waals surface area contributed by atoms with Crippen LogP contribution in [0.3, 0.4) is 0 Å². The van der Waals surface area contributed by atoms with Gasteiger partial charge >= 0.3 is 0 Å². The van der Waals surface area contributed by atoms with E-state index in [1.54, 1.807) is 7.11 Å². The van der Waals surface area contributed by atoms with Crippen molar-refractivity contribution in [2.24, 2.45) is 5.73 Å². The zero-order valence-corrected chi connectivity index (χ0v) is 11.6. The number of nitrogens with zero attached hydrogens (tertiary/aromatic N) is 1. The van der Waals surface area contributed by atoms with Crippen LogP contribution in [0.25, 0.3) is 11.3 Å². The molecule has 0 aliphatic heterocycles. The summed E-state index contributed by atoms with van der Waals surface area (Å²) in [7, 11) is 1.69. The highest BCUT2D eigenvalue weighted by Gasteiger charge is 2.14. The summed E-state index contributed by atoms with van der Waals surface area (Å²) in [4.78, 5) is 4.30. The first-order valence-electron chi connectivity index (χ1n) is 6.48. The second-order valence-corrected chi connectivity index (χ2v) is 4.77. The van der Waals surface area contributed by atoms with Gasteiger partial charge in [-0.25, -0.2) is 4.98 Å². The van der Waals surface area contributed by atoms with Gasteiger partial charge in [0.15, 0.2) is 6.39 Å². The highest BCUT2D eigenvalue weighted by atomic mass is 16.5. The van der Waals surface area contributed by atoms with E-state index in [9.17, 15) is 0 Å². The molecule has 0 radical (unpaired) electrons. The Kier molecular flexibility index (Phi) is 4.22. The number of benzene rings is 1. The van der Waals surface area contributed by atoms with E-state index in [1.807, 2.05) is 12.1 Å². The average Bonchev–Trinajstić information content (AvgIpc) is 2.86. The van der Waals surface area contributed by atoms with Gasteiger partial charge in [-0.05, 0) is 36.2 Å². The van der Waals surface area contributed by atoms with Crippen LogP contribution in [0.2, 0.25) is 0 Å². The maximum atomic E-state index is 5.58. The Hall–Kier alpha value is -1.81. The Morgan fingerprint density at radius 2 is 2.16 bits per heavy atom. The van der Waals surface area contributed by atoms with E-state index in [0.717, 1.165) is 22.8 Å². The molecular weight excluding hydrogens is 240 g/mol. The van der Waals surface area contributed by atoms with Crippen molar-refractivity contribution in [3.63, 3.8) is 0 Å². The molecule has 0 amide bonds. The molecule has 2 rings (SSSR count). The standard InChI is InChI=1S/C15H20N2O2/c1-10(2)12-8-11(4-5-13(12)18-3)15-14(6-7-16)19-9-17-15/h4-5,8-10H,6-7,16H2,1-3H3. The van der Waals surface area contributed by atoms with Gasteiger partial charge in [0.05, 0.1) is 7.11 Å². The lowest BCUT2D eigenvalue weighted by Gasteiger charge is -2.13. The lowest BCUT2D eigenvalue weighted by molar-refractivity contribution is 0.407. The van der Waals surface area contributed by atoms with E-state index in [-0.39, 0.29) is 0 Å². The predicted octanol–water partition coefficient (Wildman–Crippen LogP) is 2.97. The van der Waals surface area contributed by atoms with Crippen LogP contribution in [-0.4, -0.2) is 18.6 Å². The summed E-state index contributed by atoms with van der Waals surface area (Å²) in [6.45, 7) is 4.84. The fraction of sp³-hybridized carbons (Fsp3) is 0.400. The van der Waals surface area contributed by atoms with Gasteiger partial charge in [0.2, 0.25) is 0 Å². The summed E-state index contributed by atoms with van der Waals surface area (Å²) in [6.07, 6.45) is 2.16. The van der Waals surface area contributed by atoms with Crippen LogP contribution in [-0.2, 0) is 6.42 Å². The van der Waals surface area contributed by atoms with Crippen molar-refractivity contribution in [2.75, 3.05) is 13.7 Å². The molecule has 102 valence electrons. The summed E-state index contributed by atoms with van der Waals surface area (Å²) in [5.74, 6) is 2.13. The van der Waals surface area contributed by atoms with Crippen LogP contribution < -0.4 is 10.5 Å². The smallest absolute Gasteiger partial charge is 0.181 e. The Labute approximate surface area is 113 Å². The molecule has 0 unspecified atom stereocenters. The van der Waals surface area contributed by atoms with Crippen molar-refractivity contribution in [3.8, 4) is 17.0 Å². The Bertz CT molecular complexity index is 547. The Morgan fingerprint density at radius 3 is 2.79 bits per heavy atom. The number of aromatic nitrogens is 1. The van der Waals surface area contributed by atoms with Crippen molar-refractivity contribution in [1.82, 2.24) is 4.98 Å². The van der Waals surface area contributed by atoms with Crippen molar-refractivity contribution in [3.05, 3.63) is 35.9 Å². The zero-order chi connectivity index (χ0) is 13.8. The monoisotopic (exact) mass is 260 g/mol. The Balaban J connectivity index is 2.45. The topological polar surface area (TPSA) is 61.3 Å². The maximum Gasteiger partial charge on any atom is 0.181 e. The number of rotatable bonds is 5. The summed E-state index contributed by atoms with van der Waals surface area (Å²) < 4.78 is 10.8. The van der Waals surface area contributed by atoms with Gasteiger partial charge in [0.1, 0.15) is 17.2 Å². The maximum absolute atomic E-state index is 5.58. The van der Waals surface area contributed by atoms with E-state index < -0.39 is 0 Å². The molecule has 0 atom stereocenters. The fourth-order valence-electron chi connectivity index (χ4n) is 2.15. The van der Waals surface area contributed by atoms with Crippen molar-refractivity contribution < 1.29 is 9.15 Å². The van der Waals surface area contributed by atoms with E-state index >= 15 is 0 Å². The minimum Gasteiger partial charge on any atom is -0.496 e. The number of oxazole rings is 1. The molecule has 0 fully saturated rings. The molecule has 0 aliphatic rings. The summed E-state index contributed by atoms with van der Waals surface area (Å²) in [5, 5.41) is 0. The molecule has 1 aromatic heterocycles. The minimum atomic E-state index is 0.389. The highest BCUT2D eigenvalue weighted by molar-refractivity contribution is 5.64. The first kappa shape index (κ1) is 13.6. The van der Waals surface area contributed by atoms with E-state index in [2.05, 4.69) is 24.9 Å². The lowest BCUT2D eigenvalue weighted by Crippen LogP contribution is -2.03. The summed E-state index contributed by atoms with van der Waals surface area (Å²) in [6, 6.07) is 6.09. The van der Waals surface area contributed by atoms with Gasteiger partial charge in [0, 0.05) is 12.0 Å². The van der Waals surface area contributed by atoms with Gasteiger partial charge in [-0.1, -0.05) is 13.8 Å². The highest BCUT2D eigenvalue weighted by Crippen LogP contribution is 2.32. The van der Waals surface area contributed by atoms with Gasteiger partial charge < -0.3 is 14.9 Å². The molecule has 0 saturated heterocycles. The first-order chi connectivity index (χ1) is 9.17. The second-order valence-electron chi connectivity index (χ2n) is 4.77. The number of methoxy groups -OCH3 is 1. The Morgan fingerprint density at radius 1 is 1.37 bits per heavy atom. The third-order valence-corrected chi connectivity index (χ3v) is 3.14. The fourth-order valence-corrected chi connectivity index (χ4v) is 2.15. The lowest BCUT2D eigenvalue weighted by atomic mass is 9.97. The van der Waals surface area contributed by atoms with Crippen LogP contribution in [0, 0.1) is 0 Å². The molecule has 1 aromatic carbocycles. The van der Waals surface area contributed by atoms with E-state index in [1.165, 1.54) is 12.0 Å². The SMILES string of the molecule is COc1ccc(-c2ncoc2CCN)cc1C(C)C. The van der Waals surface area contributed by atoms with Crippen molar-refractivity contribution >= 4 is 0 Å². The molecule has 0 bridgehead atoms. The van der Waals surface area contributed by atoms with Gasteiger partial charge in [0.25, 0.3) is 0 Å². The molecular formula is C15H20N2O2. The molecule has 2 aromatic rings. The molecule has 0 aliphatic carbocycles. The third kappa shape index (κ3) is 2.79. The number of nitrogens with two attached hydrogens (primary N) is 1. The zero-order valence-electron chi connectivity index (χ0n) is 11.6. The van der Waals surface area contributed by atoms with E-state index in [4.69, 9.17) is 14.9 Å². The largest absolute Gasteiger partial charge is 0.496 e. The van der Waals surface area contributed by atoms with Gasteiger partial charge in [-0.15, -0.1) is 0 Å². The predicted molar refractivity (Wildman–Crippen MR) is 75.3 cm³/mol. The van der Waals surface area contributed by atoms with Gasteiger partial charge in [-0.3, -0.25) is 0 Å². The average molecular weight is 260 g/mol. The molecule has 19 heavy (non-hydrogen) atoms. The minimum absolute atomic E-state index is 0.389. The molecule has 2 N–H and O–H groups in total. The number of hydrogen-bond donors (Lipinski definition) is 1. The normalized spacial score (nSPS) is 11.0. The number of hydrogen-bond acceptors (Lipinski definition) is 4. The van der Waals surface area contributed by atoms with Crippen LogP contribution in [0.1, 0.15) is 31.1 Å². The van der Waals surface area contributed by atoms with Crippen LogP contribution in [0.15, 0.2) is 29.0 Å². The second kappa shape index (κ2) is 5.89. The van der Waals surface area contributed by atoms with Crippen LogP contribution in [0.5, 0.6) is 5.75 Å². The summed E-state index contributed by atoms with van der Waals surface area (Å²) in [5.41, 5.74) is 8.66. The first-order valence-corrected chi connectivity index (χ1v) is 6.48. The third-order valence-electron chi connectivity index (χ3n) is 3.14. The molecule has 1 heterocycles.